The predicted molar refractivity (Wildman–Crippen MR) is 116 cm³/mol. The van der Waals surface area contributed by atoms with Gasteiger partial charge in [0.1, 0.15) is 5.52 Å². The molecule has 0 radical (unpaired) electrons. The number of benzene rings is 3. The van der Waals surface area contributed by atoms with E-state index in [9.17, 15) is 10.0 Å². The maximum absolute atomic E-state index is 12.6. The Morgan fingerprint density at radius 1 is 1.03 bits per heavy atom. The first-order chi connectivity index (χ1) is 13.9. The molecule has 4 aromatic rings. The summed E-state index contributed by atoms with van der Waals surface area (Å²) >= 11 is 0. The van der Waals surface area contributed by atoms with E-state index < -0.39 is 0 Å². The number of fused-ring (bicyclic) bond motifs is 1. The van der Waals surface area contributed by atoms with E-state index in [0.29, 0.717) is 22.6 Å². The summed E-state index contributed by atoms with van der Waals surface area (Å²) in [4.78, 5) is 19.0. The molecule has 0 saturated carbocycles. The second-order valence-corrected chi connectivity index (χ2v) is 7.22. The van der Waals surface area contributed by atoms with Gasteiger partial charge in [-0.2, -0.15) is 4.73 Å². The number of hydrogen-bond acceptors (Lipinski definition) is 4. The molecule has 6 nitrogen and oxygen atoms in total. The third-order valence-electron chi connectivity index (χ3n) is 4.81. The Balaban J connectivity index is 1.56. The van der Waals surface area contributed by atoms with Crippen LogP contribution in [0.2, 0.25) is 0 Å². The molecule has 0 aliphatic heterocycles. The maximum Gasteiger partial charge on any atom is 0.255 e. The molecule has 6 heteroatoms. The molecule has 0 aliphatic carbocycles. The van der Waals surface area contributed by atoms with Crippen LogP contribution in [0.15, 0.2) is 66.7 Å². The number of amides is 1. The molecule has 1 amide bonds. The van der Waals surface area contributed by atoms with Crippen molar-refractivity contribution in [2.24, 2.45) is 0 Å². The first-order valence-electron chi connectivity index (χ1n) is 9.30. The lowest BCUT2D eigenvalue weighted by Crippen LogP contribution is -2.14. The van der Waals surface area contributed by atoms with Crippen LogP contribution < -0.4 is 10.2 Å². The number of nitrogens with one attached hydrogen (secondary N) is 1. The largest absolute Gasteiger partial charge is 0.426 e. The van der Waals surface area contributed by atoms with Crippen molar-refractivity contribution in [2.45, 2.75) is 6.92 Å². The average molecular weight is 386 g/mol. The first kappa shape index (κ1) is 18.6. The Bertz CT molecular complexity index is 1190. The normalized spacial score (nSPS) is 10.9. The van der Waals surface area contributed by atoms with E-state index in [1.807, 2.05) is 74.4 Å². The van der Waals surface area contributed by atoms with Crippen molar-refractivity contribution in [1.29, 1.82) is 0 Å². The van der Waals surface area contributed by atoms with Gasteiger partial charge in [-0.25, -0.2) is 4.98 Å². The van der Waals surface area contributed by atoms with Crippen LogP contribution >= 0.6 is 0 Å². The molecule has 1 heterocycles. The summed E-state index contributed by atoms with van der Waals surface area (Å²) in [6.45, 7) is 1.97. The summed E-state index contributed by atoms with van der Waals surface area (Å²) in [7, 11) is 3.87. The Morgan fingerprint density at radius 2 is 1.79 bits per heavy atom. The van der Waals surface area contributed by atoms with Crippen LogP contribution in [0.1, 0.15) is 15.9 Å². The Labute approximate surface area is 169 Å². The average Bonchev–Trinajstić information content (AvgIpc) is 3.04. The van der Waals surface area contributed by atoms with Gasteiger partial charge in [0.25, 0.3) is 5.91 Å². The van der Waals surface area contributed by atoms with E-state index >= 15 is 0 Å². The van der Waals surface area contributed by atoms with Crippen LogP contribution in [-0.4, -0.2) is 34.9 Å². The van der Waals surface area contributed by atoms with Crippen molar-refractivity contribution in [3.63, 3.8) is 0 Å². The molecule has 0 spiro atoms. The molecule has 29 heavy (non-hydrogen) atoms. The second kappa shape index (κ2) is 7.31. The van der Waals surface area contributed by atoms with Gasteiger partial charge in [-0.05, 0) is 67.1 Å². The highest BCUT2D eigenvalue weighted by Gasteiger charge is 2.13. The van der Waals surface area contributed by atoms with Gasteiger partial charge < -0.3 is 15.4 Å². The molecule has 0 saturated heterocycles. The topological polar surface area (TPSA) is 70.4 Å². The number of hydrogen-bond donors (Lipinski definition) is 2. The van der Waals surface area contributed by atoms with Crippen molar-refractivity contribution in [2.75, 3.05) is 24.3 Å². The fourth-order valence-corrected chi connectivity index (χ4v) is 3.19. The molecular weight excluding hydrogens is 364 g/mol. The SMILES string of the molecule is Cc1ccc2nc(-c3ccc(NC(=O)c4cccc(N(C)C)c4)cc3)n(O)c2c1. The van der Waals surface area contributed by atoms with Gasteiger partial charge in [-0.3, -0.25) is 4.79 Å². The molecule has 2 N–H and O–H groups in total. The van der Waals surface area contributed by atoms with Gasteiger partial charge in [0, 0.05) is 36.6 Å². The summed E-state index contributed by atoms with van der Waals surface area (Å²) in [6.07, 6.45) is 0. The Hall–Kier alpha value is -3.80. The Kier molecular flexibility index (Phi) is 4.68. The van der Waals surface area contributed by atoms with Crippen molar-refractivity contribution in [1.82, 2.24) is 9.71 Å². The summed E-state index contributed by atoms with van der Waals surface area (Å²) in [5.41, 5.74) is 5.43. The highest BCUT2D eigenvalue weighted by molar-refractivity contribution is 6.04. The van der Waals surface area contributed by atoms with Gasteiger partial charge in [-0.15, -0.1) is 0 Å². The number of rotatable bonds is 4. The third kappa shape index (κ3) is 3.65. The lowest BCUT2D eigenvalue weighted by molar-refractivity contribution is 0.102. The quantitative estimate of drug-likeness (QED) is 0.504. The maximum atomic E-state index is 12.6. The van der Waals surface area contributed by atoms with E-state index in [-0.39, 0.29) is 5.91 Å². The van der Waals surface area contributed by atoms with E-state index in [1.165, 1.54) is 0 Å². The molecule has 146 valence electrons. The smallest absolute Gasteiger partial charge is 0.255 e. The number of carbonyl (C=O) groups excluding carboxylic acids is 1. The van der Waals surface area contributed by atoms with Gasteiger partial charge in [-0.1, -0.05) is 12.1 Å². The van der Waals surface area contributed by atoms with E-state index in [2.05, 4.69) is 10.3 Å². The van der Waals surface area contributed by atoms with E-state index in [0.717, 1.165) is 27.1 Å². The zero-order valence-electron chi connectivity index (χ0n) is 16.5. The summed E-state index contributed by atoms with van der Waals surface area (Å²) in [6, 6.07) is 20.4. The van der Waals surface area contributed by atoms with Gasteiger partial charge in [0.15, 0.2) is 5.82 Å². The van der Waals surface area contributed by atoms with Gasteiger partial charge >= 0.3 is 0 Å². The number of aryl methyl sites for hydroxylation is 1. The zero-order valence-corrected chi connectivity index (χ0v) is 16.5. The molecule has 0 aliphatic rings. The fraction of sp³-hybridized carbons (Fsp3) is 0.130. The fourth-order valence-electron chi connectivity index (χ4n) is 3.19. The van der Waals surface area contributed by atoms with Gasteiger partial charge in [0.2, 0.25) is 0 Å². The molecule has 0 unspecified atom stereocenters. The minimum atomic E-state index is -0.175. The van der Waals surface area contributed by atoms with Crippen LogP contribution in [0.5, 0.6) is 0 Å². The second-order valence-electron chi connectivity index (χ2n) is 7.22. The summed E-state index contributed by atoms with van der Waals surface area (Å²) in [5, 5.41) is 13.4. The van der Waals surface area contributed by atoms with Crippen LogP contribution in [0.3, 0.4) is 0 Å². The third-order valence-corrected chi connectivity index (χ3v) is 4.81. The molecule has 0 atom stereocenters. The molecule has 1 aromatic heterocycles. The summed E-state index contributed by atoms with van der Waals surface area (Å²) < 4.78 is 1.10. The molecule has 0 bridgehead atoms. The number of carbonyl (C=O) groups is 1. The van der Waals surface area contributed by atoms with Crippen molar-refractivity contribution in [3.05, 3.63) is 77.9 Å². The number of nitrogens with zero attached hydrogens (tertiary/aromatic N) is 3. The first-order valence-corrected chi connectivity index (χ1v) is 9.30. The molecule has 0 fully saturated rings. The van der Waals surface area contributed by atoms with Crippen molar-refractivity contribution < 1.29 is 10.0 Å². The van der Waals surface area contributed by atoms with Crippen molar-refractivity contribution >= 4 is 28.3 Å². The highest BCUT2D eigenvalue weighted by atomic mass is 16.5. The molecular formula is C23H22N4O2. The Morgan fingerprint density at radius 3 is 2.52 bits per heavy atom. The predicted octanol–water partition coefficient (Wildman–Crippen LogP) is 4.57. The molecule has 4 rings (SSSR count). The monoisotopic (exact) mass is 386 g/mol. The number of imidazole rings is 1. The lowest BCUT2D eigenvalue weighted by Gasteiger charge is -2.13. The van der Waals surface area contributed by atoms with Crippen LogP contribution in [0, 0.1) is 6.92 Å². The minimum Gasteiger partial charge on any atom is -0.426 e. The standard InChI is InChI=1S/C23H22N4O2/c1-15-7-12-20-21(13-15)27(29)22(25-20)16-8-10-18(11-9-16)24-23(28)17-5-4-6-19(14-17)26(2)3/h4-14,29H,1-3H3,(H,24,28). The van der Waals surface area contributed by atoms with Gasteiger partial charge in [0.05, 0.1) is 5.52 Å². The lowest BCUT2D eigenvalue weighted by atomic mass is 10.1. The molecule has 3 aromatic carbocycles. The van der Waals surface area contributed by atoms with E-state index in [1.54, 1.807) is 18.2 Å². The highest BCUT2D eigenvalue weighted by Crippen LogP contribution is 2.25. The number of aromatic nitrogens is 2. The summed E-state index contributed by atoms with van der Waals surface area (Å²) in [5.74, 6) is 0.286. The van der Waals surface area contributed by atoms with Crippen LogP contribution in [-0.2, 0) is 0 Å². The minimum absolute atomic E-state index is 0.175. The van der Waals surface area contributed by atoms with Crippen LogP contribution in [0.4, 0.5) is 11.4 Å². The van der Waals surface area contributed by atoms with Crippen LogP contribution in [0.25, 0.3) is 22.4 Å². The number of anilines is 2. The zero-order chi connectivity index (χ0) is 20.5. The van der Waals surface area contributed by atoms with E-state index in [4.69, 9.17) is 0 Å². The van der Waals surface area contributed by atoms with Crippen molar-refractivity contribution in [3.8, 4) is 11.4 Å².